The van der Waals surface area contributed by atoms with Gasteiger partial charge in [-0.25, -0.2) is 0 Å². The van der Waals surface area contributed by atoms with Gasteiger partial charge < -0.3 is 31.1 Å². The van der Waals surface area contributed by atoms with E-state index in [1.807, 2.05) is 25.1 Å². The number of phenols is 3. The molecule has 0 aliphatic heterocycles. The number of aliphatic hydroxyl groups excluding tert-OH is 1. The molecule has 180 valence electrons. The maximum atomic E-state index is 12.6. The molecule has 0 spiro atoms. The number of amides is 1. The van der Waals surface area contributed by atoms with Gasteiger partial charge in [0.25, 0.3) is 5.91 Å². The van der Waals surface area contributed by atoms with Crippen LogP contribution >= 0.6 is 11.6 Å². The van der Waals surface area contributed by atoms with Crippen molar-refractivity contribution in [1.29, 1.82) is 0 Å². The van der Waals surface area contributed by atoms with E-state index >= 15 is 0 Å². The van der Waals surface area contributed by atoms with Gasteiger partial charge in [-0.1, -0.05) is 35.9 Å². The Morgan fingerprint density at radius 1 is 1.00 bits per heavy atom. The SMILES string of the molecule is CC(Cc1cccc(C(=O)NCCc2cccc(Cl)c2O)c1)NCC(O)c1cc(O)cc(O)c1. The van der Waals surface area contributed by atoms with Gasteiger partial charge in [-0.05, 0) is 66.8 Å². The van der Waals surface area contributed by atoms with Crippen molar-refractivity contribution in [3.63, 3.8) is 0 Å². The summed E-state index contributed by atoms with van der Waals surface area (Å²) in [5, 5.41) is 45.9. The lowest BCUT2D eigenvalue weighted by atomic mass is 10.0. The number of hydrogen-bond donors (Lipinski definition) is 6. The second-order valence-electron chi connectivity index (χ2n) is 8.27. The molecule has 0 aliphatic carbocycles. The van der Waals surface area contributed by atoms with Crippen molar-refractivity contribution < 1.29 is 25.2 Å². The predicted molar refractivity (Wildman–Crippen MR) is 131 cm³/mol. The third-order valence-electron chi connectivity index (χ3n) is 5.45. The monoisotopic (exact) mass is 484 g/mol. The molecule has 34 heavy (non-hydrogen) atoms. The summed E-state index contributed by atoms with van der Waals surface area (Å²) in [6.07, 6.45) is 0.199. The van der Waals surface area contributed by atoms with E-state index in [9.17, 15) is 25.2 Å². The molecule has 0 radical (unpaired) electrons. The molecule has 0 fully saturated rings. The first-order chi connectivity index (χ1) is 16.2. The van der Waals surface area contributed by atoms with Crippen LogP contribution in [-0.4, -0.2) is 45.5 Å². The summed E-state index contributed by atoms with van der Waals surface area (Å²) >= 11 is 5.92. The lowest BCUT2D eigenvalue weighted by Crippen LogP contribution is -2.32. The van der Waals surface area contributed by atoms with Crippen LogP contribution in [0.3, 0.4) is 0 Å². The summed E-state index contributed by atoms with van der Waals surface area (Å²) in [5.41, 5.74) is 2.59. The van der Waals surface area contributed by atoms with Crippen molar-refractivity contribution in [3.8, 4) is 17.2 Å². The Morgan fingerprint density at radius 2 is 1.71 bits per heavy atom. The van der Waals surface area contributed by atoms with Crippen LogP contribution in [0, 0.1) is 0 Å². The van der Waals surface area contributed by atoms with Gasteiger partial charge in [0, 0.05) is 30.8 Å². The summed E-state index contributed by atoms with van der Waals surface area (Å²) < 4.78 is 0. The predicted octanol–water partition coefficient (Wildman–Crippen LogP) is 3.68. The third kappa shape index (κ3) is 7.12. The molecule has 6 N–H and O–H groups in total. The van der Waals surface area contributed by atoms with E-state index in [2.05, 4.69) is 10.6 Å². The highest BCUT2D eigenvalue weighted by Gasteiger charge is 2.13. The van der Waals surface area contributed by atoms with E-state index in [-0.39, 0.29) is 40.8 Å². The van der Waals surface area contributed by atoms with Crippen LogP contribution in [0.2, 0.25) is 5.02 Å². The van der Waals surface area contributed by atoms with Crippen molar-refractivity contribution in [2.45, 2.75) is 31.9 Å². The summed E-state index contributed by atoms with van der Waals surface area (Å²) in [6, 6.07) is 16.5. The zero-order chi connectivity index (χ0) is 24.7. The fourth-order valence-corrected chi connectivity index (χ4v) is 3.87. The van der Waals surface area contributed by atoms with Gasteiger partial charge in [0.05, 0.1) is 11.1 Å². The van der Waals surface area contributed by atoms with Crippen molar-refractivity contribution in [1.82, 2.24) is 10.6 Å². The Labute approximate surface area is 203 Å². The molecule has 0 bridgehead atoms. The van der Waals surface area contributed by atoms with Crippen LogP contribution in [0.1, 0.15) is 40.1 Å². The number of nitrogens with one attached hydrogen (secondary N) is 2. The minimum absolute atomic E-state index is 0.00433. The van der Waals surface area contributed by atoms with Gasteiger partial charge in [0.2, 0.25) is 0 Å². The number of benzene rings is 3. The quantitative estimate of drug-likeness (QED) is 0.261. The highest BCUT2D eigenvalue weighted by Crippen LogP contribution is 2.27. The van der Waals surface area contributed by atoms with E-state index in [0.717, 1.165) is 5.56 Å². The van der Waals surface area contributed by atoms with Crippen LogP contribution in [0.15, 0.2) is 60.7 Å². The molecule has 0 saturated heterocycles. The number of hydrogen-bond acceptors (Lipinski definition) is 6. The topological polar surface area (TPSA) is 122 Å². The molecule has 0 heterocycles. The largest absolute Gasteiger partial charge is 0.508 e. The smallest absolute Gasteiger partial charge is 0.251 e. The van der Waals surface area contributed by atoms with E-state index in [1.54, 1.807) is 24.3 Å². The molecule has 0 saturated carbocycles. The minimum atomic E-state index is -0.892. The average Bonchev–Trinajstić information content (AvgIpc) is 2.79. The minimum Gasteiger partial charge on any atom is -0.508 e. The number of halogens is 1. The molecule has 2 unspecified atom stereocenters. The Kier molecular flexibility index (Phi) is 8.76. The van der Waals surface area contributed by atoms with E-state index in [0.29, 0.717) is 36.1 Å². The maximum absolute atomic E-state index is 12.6. The molecular weight excluding hydrogens is 456 g/mol. The van der Waals surface area contributed by atoms with Gasteiger partial charge in [-0.15, -0.1) is 0 Å². The average molecular weight is 485 g/mol. The number of aliphatic hydroxyl groups is 1. The van der Waals surface area contributed by atoms with Gasteiger partial charge in [0.1, 0.15) is 17.2 Å². The zero-order valence-corrected chi connectivity index (χ0v) is 19.6. The first kappa shape index (κ1) is 25.4. The number of phenolic OH excluding ortho intramolecular Hbond substituents is 3. The Bertz CT molecular complexity index is 1120. The number of para-hydroxylation sites is 1. The van der Waals surface area contributed by atoms with Crippen LogP contribution in [-0.2, 0) is 12.8 Å². The number of carbonyl (C=O) groups excluding carboxylic acids is 1. The molecule has 3 aromatic rings. The van der Waals surface area contributed by atoms with Crippen molar-refractivity contribution >= 4 is 17.5 Å². The fraction of sp³-hybridized carbons (Fsp3) is 0.269. The normalized spacial score (nSPS) is 12.8. The Hall–Kier alpha value is -3.26. The second kappa shape index (κ2) is 11.7. The first-order valence-corrected chi connectivity index (χ1v) is 11.4. The molecule has 8 heteroatoms. The zero-order valence-electron chi connectivity index (χ0n) is 18.8. The molecule has 3 aromatic carbocycles. The standard InChI is InChI=1S/C26H29ClN2O5/c1-16(29-15-24(32)20-12-21(30)14-22(31)13-20)10-17-4-2-6-19(11-17)26(34)28-9-8-18-5-3-7-23(27)25(18)33/h2-7,11-14,16,24,29-33H,8-10,15H2,1H3,(H,28,34). The summed E-state index contributed by atoms with van der Waals surface area (Å²) in [6.45, 7) is 2.56. The summed E-state index contributed by atoms with van der Waals surface area (Å²) in [4.78, 5) is 12.6. The van der Waals surface area contributed by atoms with Crippen LogP contribution in [0.5, 0.6) is 17.2 Å². The molecule has 2 atom stereocenters. The van der Waals surface area contributed by atoms with Crippen molar-refractivity contribution in [2.75, 3.05) is 13.1 Å². The molecule has 3 rings (SSSR count). The lowest BCUT2D eigenvalue weighted by molar-refractivity contribution is 0.0954. The van der Waals surface area contributed by atoms with Gasteiger partial charge in [0.15, 0.2) is 0 Å². The summed E-state index contributed by atoms with van der Waals surface area (Å²) in [7, 11) is 0. The van der Waals surface area contributed by atoms with Crippen LogP contribution < -0.4 is 10.6 Å². The second-order valence-corrected chi connectivity index (χ2v) is 8.67. The van der Waals surface area contributed by atoms with Gasteiger partial charge in [-0.3, -0.25) is 4.79 Å². The summed E-state index contributed by atoms with van der Waals surface area (Å²) in [5.74, 6) is -0.390. The number of rotatable bonds is 10. The van der Waals surface area contributed by atoms with Gasteiger partial charge >= 0.3 is 0 Å². The Morgan fingerprint density at radius 3 is 2.44 bits per heavy atom. The van der Waals surface area contributed by atoms with Crippen molar-refractivity contribution in [2.24, 2.45) is 0 Å². The van der Waals surface area contributed by atoms with Gasteiger partial charge in [-0.2, -0.15) is 0 Å². The van der Waals surface area contributed by atoms with Crippen molar-refractivity contribution in [3.05, 3.63) is 87.9 Å². The lowest BCUT2D eigenvalue weighted by Gasteiger charge is -2.18. The molecule has 7 nitrogen and oxygen atoms in total. The highest BCUT2D eigenvalue weighted by atomic mass is 35.5. The van der Waals surface area contributed by atoms with E-state index < -0.39 is 6.10 Å². The molecule has 1 amide bonds. The van der Waals surface area contributed by atoms with E-state index in [1.165, 1.54) is 18.2 Å². The molecular formula is C26H29ClN2O5. The molecule has 0 aliphatic rings. The maximum Gasteiger partial charge on any atom is 0.251 e. The fourth-order valence-electron chi connectivity index (χ4n) is 3.68. The molecule has 0 aromatic heterocycles. The highest BCUT2D eigenvalue weighted by molar-refractivity contribution is 6.32. The number of aromatic hydroxyl groups is 3. The van der Waals surface area contributed by atoms with E-state index in [4.69, 9.17) is 11.6 Å². The Balaban J connectivity index is 1.50. The number of carbonyl (C=O) groups is 1. The third-order valence-corrected chi connectivity index (χ3v) is 5.76. The first-order valence-electron chi connectivity index (χ1n) is 11.0. The van der Waals surface area contributed by atoms with Crippen LogP contribution in [0.25, 0.3) is 0 Å². The van der Waals surface area contributed by atoms with Crippen LogP contribution in [0.4, 0.5) is 0 Å².